The molecule has 0 amide bonds. The second-order valence-electron chi connectivity index (χ2n) is 19.7. The molecule has 0 aliphatic carbocycles. The van der Waals surface area contributed by atoms with Crippen molar-refractivity contribution >= 4 is 90.7 Å². The van der Waals surface area contributed by atoms with Crippen LogP contribution < -0.4 is 25.3 Å². The van der Waals surface area contributed by atoms with E-state index in [1.807, 2.05) is 18.3 Å². The van der Waals surface area contributed by atoms with Crippen LogP contribution in [0.5, 0.6) is 0 Å². The number of para-hydroxylation sites is 2. The molecule has 0 atom stereocenters. The van der Waals surface area contributed by atoms with Crippen molar-refractivity contribution in [3.8, 4) is 28.1 Å². The van der Waals surface area contributed by atoms with Crippen LogP contribution in [0.25, 0.3) is 71.8 Å². The Kier molecular flexibility index (Phi) is 7.47. The first-order valence-corrected chi connectivity index (χ1v) is 22.4. The van der Waals surface area contributed by atoms with Crippen LogP contribution in [0, 0.1) is 0 Å². The molecule has 2 aliphatic heterocycles. The molecule has 0 unspecified atom stereocenters. The summed E-state index contributed by atoms with van der Waals surface area (Å²) in [6.45, 7) is 21.2. The van der Waals surface area contributed by atoms with Crippen LogP contribution in [0.15, 0.2) is 126 Å². The molecule has 6 aromatic carbocycles. The summed E-state index contributed by atoms with van der Waals surface area (Å²) in [6.07, 6.45) is 1.85. The van der Waals surface area contributed by atoms with E-state index in [1.165, 1.54) is 75.1 Å². The number of rotatable bonds is 2. The van der Waals surface area contributed by atoms with Crippen LogP contribution in [0.2, 0.25) is 0 Å². The van der Waals surface area contributed by atoms with E-state index in [-0.39, 0.29) is 37.9 Å². The monoisotopic (exact) mass is 818 g/mol. The number of hydrogen-bond donors (Lipinski definition) is 0. The summed E-state index contributed by atoms with van der Waals surface area (Å²) < 4.78 is 12.6. The van der Waals surface area contributed by atoms with Crippen molar-refractivity contribution in [2.24, 2.45) is 0 Å². The Balaban J connectivity index is 1.25. The summed E-state index contributed by atoms with van der Waals surface area (Å²) in [4.78, 5) is 4.70. The molecule has 9 aromatic rings. The van der Waals surface area contributed by atoms with Gasteiger partial charge in [0.1, 0.15) is 0 Å². The molecule has 0 radical (unpaired) electrons. The minimum absolute atomic E-state index is 0.00981. The van der Waals surface area contributed by atoms with Gasteiger partial charge in [0, 0.05) is 0 Å². The van der Waals surface area contributed by atoms with Crippen molar-refractivity contribution in [1.82, 2.24) is 9.55 Å². The normalized spacial score (nSPS) is 13.8. The van der Waals surface area contributed by atoms with E-state index in [4.69, 9.17) is 9.40 Å². The first kappa shape index (κ1) is 35.8. The molecule has 11 rings (SSSR count). The number of fused-ring (bicyclic) bond motifs is 10. The van der Waals surface area contributed by atoms with Crippen molar-refractivity contribution in [3.05, 3.63) is 138 Å². The fourth-order valence-corrected chi connectivity index (χ4v) is 12.1. The summed E-state index contributed by atoms with van der Waals surface area (Å²) in [7, 11) is 0. The Morgan fingerprint density at radius 3 is 1.91 bits per heavy atom. The summed E-state index contributed by atoms with van der Waals surface area (Å²) in [5.74, 6) is 0. The van der Waals surface area contributed by atoms with Gasteiger partial charge in [-0.3, -0.25) is 0 Å². The minimum atomic E-state index is -0.00981. The van der Waals surface area contributed by atoms with Crippen molar-refractivity contribution in [1.29, 1.82) is 0 Å². The third kappa shape index (κ3) is 5.22. The van der Waals surface area contributed by atoms with Gasteiger partial charge in [-0.25, -0.2) is 0 Å². The molecule has 58 heavy (non-hydrogen) atoms. The van der Waals surface area contributed by atoms with Crippen LogP contribution >= 0.6 is 0 Å². The Hall–Kier alpha value is -5.35. The predicted octanol–water partition coefficient (Wildman–Crippen LogP) is 10.1. The fraction of sp³-hybridized carbons (Fsp3) is 0.226. The molecule has 0 spiro atoms. The van der Waals surface area contributed by atoms with Gasteiger partial charge < -0.3 is 0 Å². The van der Waals surface area contributed by atoms with Crippen molar-refractivity contribution in [3.63, 3.8) is 0 Å². The Morgan fingerprint density at radius 2 is 1.21 bits per heavy atom. The number of nitrogens with zero attached hydrogens (tertiary/aromatic N) is 2. The van der Waals surface area contributed by atoms with Gasteiger partial charge in [0.25, 0.3) is 0 Å². The average Bonchev–Trinajstić information content (AvgIpc) is 3.74. The average molecular weight is 818 g/mol. The molecule has 3 aromatic heterocycles. The summed E-state index contributed by atoms with van der Waals surface area (Å²) in [5.41, 5.74) is 18.6. The predicted molar refractivity (Wildman–Crippen MR) is 249 cm³/mol. The van der Waals surface area contributed by atoms with Crippen LogP contribution in [-0.4, -0.2) is 31.2 Å². The van der Waals surface area contributed by atoms with Gasteiger partial charge in [0.05, 0.1) is 0 Å². The summed E-state index contributed by atoms with van der Waals surface area (Å²) in [6, 6.07) is 43.9. The second-order valence-corrected chi connectivity index (χ2v) is 21.9. The fourth-order valence-electron chi connectivity index (χ4n) is 9.58. The van der Waals surface area contributed by atoms with Crippen LogP contribution in [-0.2, 0) is 16.2 Å². The maximum absolute atomic E-state index is 6.99. The van der Waals surface area contributed by atoms with Gasteiger partial charge in [0.15, 0.2) is 0 Å². The molecule has 5 heteroatoms. The van der Waals surface area contributed by atoms with E-state index in [9.17, 15) is 0 Å². The van der Waals surface area contributed by atoms with Crippen LogP contribution in [0.1, 0.15) is 79.0 Å². The van der Waals surface area contributed by atoms with Gasteiger partial charge in [0.2, 0.25) is 0 Å². The van der Waals surface area contributed by atoms with E-state index in [0.717, 1.165) is 38.8 Å². The van der Waals surface area contributed by atoms with Gasteiger partial charge in [-0.15, -0.1) is 0 Å². The van der Waals surface area contributed by atoms with Gasteiger partial charge in [-0.1, -0.05) is 0 Å². The molecule has 2 aliphatic rings. The first-order chi connectivity index (χ1) is 27.6. The van der Waals surface area contributed by atoms with Crippen LogP contribution in [0.4, 0.5) is 0 Å². The topological polar surface area (TPSA) is 31.0 Å². The molecule has 284 valence electrons. The molecule has 3 nitrogen and oxygen atoms in total. The number of aromatic nitrogens is 2. The molecule has 5 heterocycles. The van der Waals surface area contributed by atoms with Crippen molar-refractivity contribution in [2.45, 2.75) is 78.6 Å². The van der Waals surface area contributed by atoms with E-state index < -0.39 is 0 Å². The van der Waals surface area contributed by atoms with Crippen molar-refractivity contribution < 1.29 is 4.42 Å². The third-order valence-corrected chi connectivity index (χ3v) is 15.2. The molecule has 0 saturated carbocycles. The standard InChI is InChI=1S/C53H47BN2OSe/c1-51(2,3)31-19-21-43-38(26-31)39-27-33(53(7,8)9)29-41-48(39)56(43)44-24-30(25-46-47(44)54(41)40-28-32(52(4,5)6)20-22-45(40)58-46)34-14-12-15-35-36-16-13-17-37(50(36)57-49(34)35)42-18-10-11-23-55-42/h10-29H,1-9H3. The number of hydrogen-bond acceptors (Lipinski definition) is 2. The van der Waals surface area contributed by atoms with Gasteiger partial charge in [-0.05, 0) is 0 Å². The van der Waals surface area contributed by atoms with E-state index in [0.29, 0.717) is 0 Å². The van der Waals surface area contributed by atoms with Crippen LogP contribution in [0.3, 0.4) is 0 Å². The van der Waals surface area contributed by atoms with E-state index >= 15 is 0 Å². The number of furan rings is 1. The molecule has 0 saturated heterocycles. The molecule has 0 fully saturated rings. The molecule has 0 bridgehead atoms. The SMILES string of the molecule is CC(C)(C)c1ccc2c(c1)B1c3c(cc(-c4cccc5c4oc4c(-c6ccccn6)cccc45)cc3-n3c4ccc(C(C)(C)C)cc4c4cc(C(C)(C)C)cc1c43)[Se]2. The molecular weight excluding hydrogens is 770 g/mol. The van der Waals surface area contributed by atoms with E-state index in [2.05, 4.69) is 170 Å². The maximum atomic E-state index is 6.99. The Labute approximate surface area is 347 Å². The summed E-state index contributed by atoms with van der Waals surface area (Å²) in [5, 5.41) is 4.93. The second kappa shape index (κ2) is 12.1. The summed E-state index contributed by atoms with van der Waals surface area (Å²) >= 11 is 0.108. The van der Waals surface area contributed by atoms with Gasteiger partial charge >= 0.3 is 349 Å². The number of benzene rings is 6. The Bertz CT molecular complexity index is 3200. The zero-order chi connectivity index (χ0) is 40.0. The molecule has 0 N–H and O–H groups in total. The first-order valence-electron chi connectivity index (χ1n) is 20.6. The van der Waals surface area contributed by atoms with Crippen molar-refractivity contribution in [2.75, 3.05) is 0 Å². The zero-order valence-corrected chi connectivity index (χ0v) is 36.5. The van der Waals surface area contributed by atoms with E-state index in [1.54, 1.807) is 0 Å². The van der Waals surface area contributed by atoms with Gasteiger partial charge in [-0.2, -0.15) is 0 Å². The third-order valence-electron chi connectivity index (χ3n) is 12.8. The quantitative estimate of drug-likeness (QED) is 0.163. The zero-order valence-electron chi connectivity index (χ0n) is 34.8. The number of pyridine rings is 1. The Morgan fingerprint density at radius 1 is 0.552 bits per heavy atom. The molecular formula is C53H47BN2OSe.